The van der Waals surface area contributed by atoms with Gasteiger partial charge in [-0.2, -0.15) is 4.98 Å². The highest BCUT2D eigenvalue weighted by atomic mass is 16.5. The van der Waals surface area contributed by atoms with Gasteiger partial charge in [0.1, 0.15) is 0 Å². The van der Waals surface area contributed by atoms with Gasteiger partial charge in [-0.3, -0.25) is 9.80 Å². The SMILES string of the molecule is CC(C)CCc1noc(CN2CCCC[C@H]2CCN2CCOCC2)n1. The van der Waals surface area contributed by atoms with Crippen molar-refractivity contribution in [3.05, 3.63) is 11.7 Å². The van der Waals surface area contributed by atoms with Crippen LogP contribution in [0.4, 0.5) is 0 Å². The third kappa shape index (κ3) is 6.04. The average Bonchev–Trinajstić information content (AvgIpc) is 3.08. The Morgan fingerprint density at radius 1 is 1.16 bits per heavy atom. The summed E-state index contributed by atoms with van der Waals surface area (Å²) in [5.74, 6) is 2.33. The van der Waals surface area contributed by atoms with Crippen LogP contribution < -0.4 is 0 Å². The van der Waals surface area contributed by atoms with E-state index >= 15 is 0 Å². The molecule has 2 aliphatic heterocycles. The van der Waals surface area contributed by atoms with Gasteiger partial charge in [-0.15, -0.1) is 0 Å². The lowest BCUT2D eigenvalue weighted by Crippen LogP contribution is -2.43. The van der Waals surface area contributed by atoms with E-state index in [0.29, 0.717) is 12.0 Å². The summed E-state index contributed by atoms with van der Waals surface area (Å²) in [5, 5.41) is 4.16. The minimum absolute atomic E-state index is 0.641. The molecule has 0 aliphatic carbocycles. The molecule has 142 valence electrons. The van der Waals surface area contributed by atoms with Crippen LogP contribution in [0.3, 0.4) is 0 Å². The predicted octanol–water partition coefficient (Wildman–Crippen LogP) is 2.74. The van der Waals surface area contributed by atoms with Gasteiger partial charge >= 0.3 is 0 Å². The fourth-order valence-electron chi connectivity index (χ4n) is 3.80. The van der Waals surface area contributed by atoms with Gasteiger partial charge in [0.15, 0.2) is 5.82 Å². The van der Waals surface area contributed by atoms with E-state index in [1.165, 1.54) is 32.2 Å². The van der Waals surface area contributed by atoms with E-state index in [1.54, 1.807) is 0 Å². The number of hydrogen-bond acceptors (Lipinski definition) is 6. The van der Waals surface area contributed by atoms with E-state index in [-0.39, 0.29) is 0 Å². The van der Waals surface area contributed by atoms with Crippen molar-refractivity contribution < 1.29 is 9.26 Å². The zero-order chi connectivity index (χ0) is 17.5. The fraction of sp³-hybridized carbons (Fsp3) is 0.895. The van der Waals surface area contributed by atoms with Gasteiger partial charge in [-0.05, 0) is 44.7 Å². The quantitative estimate of drug-likeness (QED) is 0.718. The Morgan fingerprint density at radius 2 is 2.00 bits per heavy atom. The summed E-state index contributed by atoms with van der Waals surface area (Å²) in [6.45, 7) is 11.5. The Bertz CT molecular complexity index is 499. The van der Waals surface area contributed by atoms with Crippen LogP contribution >= 0.6 is 0 Å². The highest BCUT2D eigenvalue weighted by molar-refractivity contribution is 4.89. The second-order valence-electron chi connectivity index (χ2n) is 7.90. The monoisotopic (exact) mass is 350 g/mol. The molecule has 2 fully saturated rings. The molecule has 2 saturated heterocycles. The molecular weight excluding hydrogens is 316 g/mol. The molecule has 0 unspecified atom stereocenters. The summed E-state index contributed by atoms with van der Waals surface area (Å²) in [6.07, 6.45) is 7.18. The fourth-order valence-corrected chi connectivity index (χ4v) is 3.80. The molecule has 0 saturated carbocycles. The second kappa shape index (κ2) is 9.64. The lowest BCUT2D eigenvalue weighted by Gasteiger charge is -2.36. The topological polar surface area (TPSA) is 54.6 Å². The van der Waals surface area contributed by atoms with Gasteiger partial charge < -0.3 is 9.26 Å². The van der Waals surface area contributed by atoms with E-state index in [1.807, 2.05) is 0 Å². The van der Waals surface area contributed by atoms with Crippen molar-refractivity contribution in [3.8, 4) is 0 Å². The number of nitrogens with zero attached hydrogens (tertiary/aromatic N) is 4. The van der Waals surface area contributed by atoms with Crippen LogP contribution in [0.5, 0.6) is 0 Å². The highest BCUT2D eigenvalue weighted by Crippen LogP contribution is 2.22. The normalized spacial score (nSPS) is 23.4. The van der Waals surface area contributed by atoms with Crippen molar-refractivity contribution in [2.45, 2.75) is 65.0 Å². The molecule has 6 nitrogen and oxygen atoms in total. The van der Waals surface area contributed by atoms with Gasteiger partial charge in [-0.1, -0.05) is 25.4 Å². The molecule has 6 heteroatoms. The molecule has 0 aromatic carbocycles. The standard InChI is InChI=1S/C19H34N4O2/c1-16(2)6-7-18-20-19(25-21-18)15-23-9-4-3-5-17(23)8-10-22-11-13-24-14-12-22/h16-17H,3-15H2,1-2H3/t17-/m0/s1. The summed E-state index contributed by atoms with van der Waals surface area (Å²) < 4.78 is 11.0. The van der Waals surface area contributed by atoms with Crippen LogP contribution in [0.15, 0.2) is 4.52 Å². The van der Waals surface area contributed by atoms with E-state index < -0.39 is 0 Å². The first-order valence-corrected chi connectivity index (χ1v) is 10.1. The molecule has 2 aliphatic rings. The molecule has 3 heterocycles. The second-order valence-corrected chi connectivity index (χ2v) is 7.90. The number of hydrogen-bond donors (Lipinski definition) is 0. The molecule has 0 radical (unpaired) electrons. The van der Waals surface area contributed by atoms with Crippen LogP contribution in [0.1, 0.15) is 57.7 Å². The minimum Gasteiger partial charge on any atom is -0.379 e. The summed E-state index contributed by atoms with van der Waals surface area (Å²) in [4.78, 5) is 9.71. The van der Waals surface area contributed by atoms with Gasteiger partial charge in [0, 0.05) is 25.6 Å². The molecular formula is C19H34N4O2. The number of piperidine rings is 1. The number of rotatable bonds is 8. The number of likely N-dealkylation sites (tertiary alicyclic amines) is 1. The summed E-state index contributed by atoms with van der Waals surface area (Å²) in [7, 11) is 0. The molecule has 1 aromatic heterocycles. The van der Waals surface area contributed by atoms with Crippen LogP contribution in [-0.2, 0) is 17.7 Å². The van der Waals surface area contributed by atoms with Crippen LogP contribution in [-0.4, -0.2) is 65.4 Å². The van der Waals surface area contributed by atoms with E-state index in [2.05, 4.69) is 33.8 Å². The smallest absolute Gasteiger partial charge is 0.240 e. The van der Waals surface area contributed by atoms with Crippen molar-refractivity contribution in [1.82, 2.24) is 19.9 Å². The minimum atomic E-state index is 0.641. The van der Waals surface area contributed by atoms with Crippen LogP contribution in [0, 0.1) is 5.92 Å². The lowest BCUT2D eigenvalue weighted by molar-refractivity contribution is 0.0294. The summed E-state index contributed by atoms with van der Waals surface area (Å²) >= 11 is 0. The van der Waals surface area contributed by atoms with Crippen LogP contribution in [0.2, 0.25) is 0 Å². The average molecular weight is 351 g/mol. The first-order chi connectivity index (χ1) is 12.2. The zero-order valence-corrected chi connectivity index (χ0v) is 16.0. The Morgan fingerprint density at radius 3 is 2.80 bits per heavy atom. The number of aryl methyl sites for hydroxylation is 1. The van der Waals surface area contributed by atoms with Gasteiger partial charge in [0.2, 0.25) is 5.89 Å². The van der Waals surface area contributed by atoms with E-state index in [9.17, 15) is 0 Å². The maximum Gasteiger partial charge on any atom is 0.240 e. The molecule has 25 heavy (non-hydrogen) atoms. The molecule has 1 atom stereocenters. The third-order valence-corrected chi connectivity index (χ3v) is 5.43. The van der Waals surface area contributed by atoms with Crippen molar-refractivity contribution in [1.29, 1.82) is 0 Å². The highest BCUT2D eigenvalue weighted by Gasteiger charge is 2.25. The number of morpholine rings is 1. The zero-order valence-electron chi connectivity index (χ0n) is 16.0. The van der Waals surface area contributed by atoms with Crippen molar-refractivity contribution in [3.63, 3.8) is 0 Å². The van der Waals surface area contributed by atoms with E-state index in [4.69, 9.17) is 9.26 Å². The maximum absolute atomic E-state index is 5.51. The molecule has 3 rings (SSSR count). The Balaban J connectivity index is 1.48. The largest absolute Gasteiger partial charge is 0.379 e. The maximum atomic E-state index is 5.51. The van der Waals surface area contributed by atoms with E-state index in [0.717, 1.165) is 63.9 Å². The summed E-state index contributed by atoms with van der Waals surface area (Å²) in [6, 6.07) is 0.641. The number of aromatic nitrogens is 2. The van der Waals surface area contributed by atoms with Crippen molar-refractivity contribution >= 4 is 0 Å². The predicted molar refractivity (Wildman–Crippen MR) is 97.4 cm³/mol. The Hall–Kier alpha value is -0.980. The summed E-state index contributed by atoms with van der Waals surface area (Å²) in [5.41, 5.74) is 0. The third-order valence-electron chi connectivity index (χ3n) is 5.43. The molecule has 0 spiro atoms. The molecule has 1 aromatic rings. The van der Waals surface area contributed by atoms with Gasteiger partial charge in [0.05, 0.1) is 19.8 Å². The van der Waals surface area contributed by atoms with Gasteiger partial charge in [-0.25, -0.2) is 0 Å². The van der Waals surface area contributed by atoms with Crippen molar-refractivity contribution in [2.75, 3.05) is 39.4 Å². The first-order valence-electron chi connectivity index (χ1n) is 10.1. The number of ether oxygens (including phenoxy) is 1. The lowest BCUT2D eigenvalue weighted by atomic mass is 9.99. The molecule has 0 N–H and O–H groups in total. The Labute approximate surface area is 151 Å². The van der Waals surface area contributed by atoms with Crippen LogP contribution in [0.25, 0.3) is 0 Å². The van der Waals surface area contributed by atoms with Crippen molar-refractivity contribution in [2.24, 2.45) is 5.92 Å². The molecule has 0 amide bonds. The first kappa shape index (κ1) is 18.8. The molecule has 0 bridgehead atoms. The van der Waals surface area contributed by atoms with Gasteiger partial charge in [0.25, 0.3) is 0 Å². The Kier molecular flexibility index (Phi) is 7.25.